The Kier molecular flexibility index (Phi) is 3.93. The van der Waals surface area contributed by atoms with Gasteiger partial charge in [0.1, 0.15) is 5.82 Å². The fourth-order valence-electron chi connectivity index (χ4n) is 1.84. The Morgan fingerprint density at radius 3 is 2.83 bits per heavy atom. The highest BCUT2D eigenvalue weighted by Crippen LogP contribution is 2.21. The third-order valence-corrected chi connectivity index (χ3v) is 2.85. The molecule has 0 radical (unpaired) electrons. The maximum Gasteiger partial charge on any atom is 0.251 e. The average molecular weight is 253 g/mol. The van der Waals surface area contributed by atoms with Crippen LogP contribution in [0.5, 0.6) is 0 Å². The van der Waals surface area contributed by atoms with Crippen LogP contribution in [0, 0.1) is 5.82 Å². The van der Waals surface area contributed by atoms with E-state index in [1.807, 2.05) is 6.92 Å². The second-order valence-corrected chi connectivity index (χ2v) is 4.35. The van der Waals surface area contributed by atoms with Crippen LogP contribution in [0.3, 0.4) is 0 Å². The van der Waals surface area contributed by atoms with Gasteiger partial charge in [0.15, 0.2) is 5.79 Å². The van der Waals surface area contributed by atoms with Gasteiger partial charge < -0.3 is 14.8 Å². The van der Waals surface area contributed by atoms with Gasteiger partial charge in [-0.1, -0.05) is 6.07 Å². The van der Waals surface area contributed by atoms with Crippen molar-refractivity contribution in [2.24, 2.45) is 0 Å². The van der Waals surface area contributed by atoms with Gasteiger partial charge in [-0.3, -0.25) is 4.79 Å². The molecular weight excluding hydrogens is 237 g/mol. The molecule has 1 N–H and O–H groups in total. The summed E-state index contributed by atoms with van der Waals surface area (Å²) in [6, 6.07) is 5.59. The molecule has 1 heterocycles. The molecule has 1 fully saturated rings. The minimum Gasteiger partial charge on any atom is -0.352 e. The number of benzene rings is 1. The molecule has 2 rings (SSSR count). The van der Waals surface area contributed by atoms with Crippen LogP contribution in [-0.2, 0) is 9.47 Å². The third kappa shape index (κ3) is 3.27. The smallest absolute Gasteiger partial charge is 0.251 e. The fourth-order valence-corrected chi connectivity index (χ4v) is 1.84. The summed E-state index contributed by atoms with van der Waals surface area (Å²) in [7, 11) is 0. The number of hydrogen-bond donors (Lipinski definition) is 1. The molecule has 1 aliphatic rings. The molecule has 1 saturated heterocycles. The first kappa shape index (κ1) is 13.0. The lowest BCUT2D eigenvalue weighted by molar-refractivity contribution is -0.145. The van der Waals surface area contributed by atoms with Crippen LogP contribution < -0.4 is 5.32 Å². The average Bonchev–Trinajstić information content (AvgIpc) is 2.76. The number of ether oxygens (including phenoxy) is 2. The lowest BCUT2D eigenvalue weighted by Gasteiger charge is -2.22. The van der Waals surface area contributed by atoms with E-state index in [1.165, 1.54) is 18.2 Å². The van der Waals surface area contributed by atoms with Crippen LogP contribution in [-0.4, -0.2) is 31.5 Å². The molecule has 18 heavy (non-hydrogen) atoms. The minimum atomic E-state index is -0.616. The highest BCUT2D eigenvalue weighted by atomic mass is 19.1. The summed E-state index contributed by atoms with van der Waals surface area (Å²) in [5.41, 5.74) is 0.313. The number of amides is 1. The predicted octanol–water partition coefficient (Wildman–Crippen LogP) is 1.71. The van der Waals surface area contributed by atoms with Crippen molar-refractivity contribution in [2.75, 3.05) is 19.8 Å². The third-order valence-electron chi connectivity index (χ3n) is 2.85. The first-order chi connectivity index (χ1) is 8.59. The van der Waals surface area contributed by atoms with Gasteiger partial charge in [-0.15, -0.1) is 0 Å². The normalized spacial score (nSPS) is 17.7. The second-order valence-electron chi connectivity index (χ2n) is 4.35. The molecule has 0 aromatic heterocycles. The summed E-state index contributed by atoms with van der Waals surface area (Å²) < 4.78 is 23.8. The van der Waals surface area contributed by atoms with Crippen molar-refractivity contribution < 1.29 is 18.7 Å². The van der Waals surface area contributed by atoms with E-state index >= 15 is 0 Å². The number of rotatable bonds is 4. The van der Waals surface area contributed by atoms with Gasteiger partial charge in [0.2, 0.25) is 0 Å². The molecule has 1 amide bonds. The van der Waals surface area contributed by atoms with Crippen LogP contribution >= 0.6 is 0 Å². The summed E-state index contributed by atoms with van der Waals surface area (Å²) in [5, 5.41) is 2.71. The molecule has 1 aromatic carbocycles. The maximum absolute atomic E-state index is 12.9. The SMILES string of the molecule is CC1(CCNC(=O)c2cccc(F)c2)OCCO1. The molecule has 0 atom stereocenters. The molecule has 1 aromatic rings. The quantitative estimate of drug-likeness (QED) is 0.888. The standard InChI is InChI=1S/C13H16FNO3/c1-13(17-7-8-18-13)5-6-15-12(16)10-3-2-4-11(14)9-10/h2-4,9H,5-8H2,1H3,(H,15,16). The summed E-state index contributed by atoms with van der Waals surface area (Å²) >= 11 is 0. The maximum atomic E-state index is 12.9. The van der Waals surface area contributed by atoms with Crippen molar-refractivity contribution >= 4 is 5.91 Å². The largest absolute Gasteiger partial charge is 0.352 e. The van der Waals surface area contributed by atoms with Gasteiger partial charge in [0.05, 0.1) is 13.2 Å². The van der Waals surface area contributed by atoms with Crippen molar-refractivity contribution in [1.29, 1.82) is 0 Å². The molecule has 0 spiro atoms. The molecule has 0 saturated carbocycles. The Labute approximate surface area is 105 Å². The van der Waals surface area contributed by atoms with Gasteiger partial charge in [-0.05, 0) is 25.1 Å². The van der Waals surface area contributed by atoms with E-state index in [-0.39, 0.29) is 5.91 Å². The van der Waals surface area contributed by atoms with Gasteiger partial charge in [0.25, 0.3) is 5.91 Å². The fraction of sp³-hybridized carbons (Fsp3) is 0.462. The van der Waals surface area contributed by atoms with Crippen molar-refractivity contribution in [2.45, 2.75) is 19.1 Å². The number of hydrogen-bond acceptors (Lipinski definition) is 3. The van der Waals surface area contributed by atoms with Gasteiger partial charge in [0, 0.05) is 18.5 Å². The summed E-state index contributed by atoms with van der Waals surface area (Å²) in [6.45, 7) is 3.42. The first-order valence-electron chi connectivity index (χ1n) is 5.91. The van der Waals surface area contributed by atoms with Crippen molar-refractivity contribution in [1.82, 2.24) is 5.32 Å². The van der Waals surface area contributed by atoms with Gasteiger partial charge in [-0.2, -0.15) is 0 Å². The van der Waals surface area contributed by atoms with E-state index in [0.717, 1.165) is 0 Å². The van der Waals surface area contributed by atoms with Crippen LogP contribution in [0.15, 0.2) is 24.3 Å². The Hall–Kier alpha value is -1.46. The summed E-state index contributed by atoms with van der Waals surface area (Å²) in [6.07, 6.45) is 0.564. The Morgan fingerprint density at radius 2 is 2.17 bits per heavy atom. The molecule has 0 unspecified atom stereocenters. The monoisotopic (exact) mass is 253 g/mol. The lowest BCUT2D eigenvalue weighted by Crippen LogP contribution is -2.33. The molecule has 1 aliphatic heterocycles. The van der Waals surface area contributed by atoms with E-state index < -0.39 is 11.6 Å². The molecule has 5 heteroatoms. The molecule has 0 bridgehead atoms. The van der Waals surface area contributed by atoms with Crippen LogP contribution in [0.25, 0.3) is 0 Å². The molecule has 0 aliphatic carbocycles. The zero-order valence-electron chi connectivity index (χ0n) is 10.2. The van der Waals surface area contributed by atoms with E-state index in [1.54, 1.807) is 6.07 Å². The molecule has 98 valence electrons. The molecule has 4 nitrogen and oxygen atoms in total. The summed E-state index contributed by atoms with van der Waals surface area (Å²) in [5.74, 6) is -1.33. The number of carbonyl (C=O) groups excluding carboxylic acids is 1. The first-order valence-corrected chi connectivity index (χ1v) is 5.91. The topological polar surface area (TPSA) is 47.6 Å². The number of carbonyl (C=O) groups is 1. The number of nitrogens with one attached hydrogen (secondary N) is 1. The Balaban J connectivity index is 1.81. The summed E-state index contributed by atoms with van der Waals surface area (Å²) in [4.78, 5) is 11.7. The predicted molar refractivity (Wildman–Crippen MR) is 63.7 cm³/mol. The van der Waals surface area contributed by atoms with E-state index in [9.17, 15) is 9.18 Å². The van der Waals surface area contributed by atoms with Crippen LogP contribution in [0.2, 0.25) is 0 Å². The highest BCUT2D eigenvalue weighted by Gasteiger charge is 2.30. The highest BCUT2D eigenvalue weighted by molar-refractivity contribution is 5.94. The number of halogens is 1. The minimum absolute atomic E-state index is 0.295. The van der Waals surface area contributed by atoms with Crippen molar-refractivity contribution in [3.05, 3.63) is 35.6 Å². The van der Waals surface area contributed by atoms with E-state index in [0.29, 0.717) is 31.7 Å². The van der Waals surface area contributed by atoms with Crippen molar-refractivity contribution in [3.8, 4) is 0 Å². The van der Waals surface area contributed by atoms with E-state index in [2.05, 4.69) is 5.32 Å². The molecular formula is C13H16FNO3. The lowest BCUT2D eigenvalue weighted by atomic mass is 10.2. The van der Waals surface area contributed by atoms with Crippen LogP contribution in [0.1, 0.15) is 23.7 Å². The van der Waals surface area contributed by atoms with Crippen LogP contribution in [0.4, 0.5) is 4.39 Å². The zero-order valence-corrected chi connectivity index (χ0v) is 10.2. The zero-order chi connectivity index (χ0) is 13.0. The van der Waals surface area contributed by atoms with Crippen molar-refractivity contribution in [3.63, 3.8) is 0 Å². The Morgan fingerprint density at radius 1 is 1.44 bits per heavy atom. The second kappa shape index (κ2) is 5.46. The van der Waals surface area contributed by atoms with Gasteiger partial charge >= 0.3 is 0 Å². The van der Waals surface area contributed by atoms with E-state index in [4.69, 9.17) is 9.47 Å². The van der Waals surface area contributed by atoms with Gasteiger partial charge in [-0.25, -0.2) is 4.39 Å². The Bertz CT molecular complexity index is 430.